The van der Waals surface area contributed by atoms with E-state index in [1.807, 2.05) is 0 Å². The van der Waals surface area contributed by atoms with Gasteiger partial charge in [-0.15, -0.1) is 5.10 Å². The van der Waals surface area contributed by atoms with Crippen LogP contribution in [-0.4, -0.2) is 56.1 Å². The molecule has 1 aromatic rings. The van der Waals surface area contributed by atoms with Gasteiger partial charge in [0.1, 0.15) is 0 Å². The number of nitrogens with zero attached hydrogens (tertiary/aromatic N) is 4. The molecule has 0 bridgehead atoms. The van der Waals surface area contributed by atoms with E-state index < -0.39 is 5.97 Å². The summed E-state index contributed by atoms with van der Waals surface area (Å²) in [5, 5.41) is 19.2. The Bertz CT molecular complexity index is 462. The van der Waals surface area contributed by atoms with Gasteiger partial charge in [0.25, 0.3) is 0 Å². The van der Waals surface area contributed by atoms with E-state index in [9.17, 15) is 9.59 Å². The van der Waals surface area contributed by atoms with E-state index in [1.165, 1.54) is 0 Å². The second kappa shape index (κ2) is 7.61. The fourth-order valence-corrected chi connectivity index (χ4v) is 2.59. The summed E-state index contributed by atoms with van der Waals surface area (Å²) in [6.07, 6.45) is 6.85. The molecule has 2 heterocycles. The highest BCUT2D eigenvalue weighted by molar-refractivity contribution is 5.74. The molecule has 1 fully saturated rings. The van der Waals surface area contributed by atoms with Crippen molar-refractivity contribution in [1.29, 1.82) is 0 Å². The van der Waals surface area contributed by atoms with E-state index in [2.05, 4.69) is 15.6 Å². The van der Waals surface area contributed by atoms with Crippen LogP contribution < -0.4 is 5.32 Å². The van der Waals surface area contributed by atoms with Crippen LogP contribution in [0.5, 0.6) is 0 Å². The molecule has 0 aliphatic carbocycles. The van der Waals surface area contributed by atoms with Crippen LogP contribution in [0.15, 0.2) is 12.4 Å². The first-order valence-electron chi connectivity index (χ1n) is 7.27. The Balaban J connectivity index is 1.78. The minimum absolute atomic E-state index is 0.0289. The van der Waals surface area contributed by atoms with Gasteiger partial charge in [0.15, 0.2) is 0 Å². The highest BCUT2D eigenvalue weighted by atomic mass is 16.4. The predicted molar refractivity (Wildman–Crippen MR) is 74.6 cm³/mol. The summed E-state index contributed by atoms with van der Waals surface area (Å²) in [6, 6.07) is -0.0913. The fraction of sp³-hybridized carbons (Fsp3) is 0.692. The SMILES string of the molecule is O=C(O)CCC1CCCCN1C(=O)NCCn1ccnn1. The van der Waals surface area contributed by atoms with Gasteiger partial charge in [-0.2, -0.15) is 0 Å². The van der Waals surface area contributed by atoms with Gasteiger partial charge in [-0.1, -0.05) is 5.21 Å². The molecule has 2 N–H and O–H groups in total. The molecule has 1 saturated heterocycles. The number of hydrogen-bond donors (Lipinski definition) is 2. The lowest BCUT2D eigenvalue weighted by molar-refractivity contribution is -0.137. The number of carboxylic acid groups (broad SMARTS) is 1. The van der Waals surface area contributed by atoms with Gasteiger partial charge in [-0.3, -0.25) is 9.48 Å². The number of piperidine rings is 1. The normalized spacial score (nSPS) is 18.5. The van der Waals surface area contributed by atoms with E-state index in [4.69, 9.17) is 5.11 Å². The third kappa shape index (κ3) is 4.73. The maximum Gasteiger partial charge on any atom is 0.317 e. The van der Waals surface area contributed by atoms with Crippen molar-refractivity contribution in [2.24, 2.45) is 0 Å². The molecule has 1 aliphatic rings. The largest absolute Gasteiger partial charge is 0.481 e. The zero-order valence-electron chi connectivity index (χ0n) is 11.9. The number of aliphatic carboxylic acids is 1. The smallest absolute Gasteiger partial charge is 0.317 e. The van der Waals surface area contributed by atoms with Crippen molar-refractivity contribution in [2.45, 2.75) is 44.7 Å². The topological polar surface area (TPSA) is 100 Å². The zero-order valence-corrected chi connectivity index (χ0v) is 11.9. The van der Waals surface area contributed by atoms with Crippen molar-refractivity contribution in [2.75, 3.05) is 13.1 Å². The summed E-state index contributed by atoms with van der Waals surface area (Å²) in [4.78, 5) is 24.7. The molecule has 0 aromatic carbocycles. The van der Waals surface area contributed by atoms with Gasteiger partial charge in [0.05, 0.1) is 12.7 Å². The van der Waals surface area contributed by atoms with Gasteiger partial charge < -0.3 is 15.3 Å². The first kappa shape index (κ1) is 15.3. The van der Waals surface area contributed by atoms with E-state index >= 15 is 0 Å². The Morgan fingerprint density at radius 2 is 2.24 bits per heavy atom. The Morgan fingerprint density at radius 3 is 2.95 bits per heavy atom. The number of amides is 2. The summed E-state index contributed by atoms with van der Waals surface area (Å²) in [6.45, 7) is 1.74. The maximum atomic E-state index is 12.2. The van der Waals surface area contributed by atoms with E-state index in [-0.39, 0.29) is 18.5 Å². The highest BCUT2D eigenvalue weighted by Gasteiger charge is 2.26. The highest BCUT2D eigenvalue weighted by Crippen LogP contribution is 2.20. The zero-order chi connectivity index (χ0) is 15.1. The summed E-state index contributed by atoms with van der Waals surface area (Å²) < 4.78 is 1.65. The van der Waals surface area contributed by atoms with E-state index in [0.29, 0.717) is 26.1 Å². The Kier molecular flexibility index (Phi) is 5.53. The number of likely N-dealkylation sites (tertiary alicyclic amines) is 1. The van der Waals surface area contributed by atoms with Crippen LogP contribution in [0.3, 0.4) is 0 Å². The van der Waals surface area contributed by atoms with E-state index in [1.54, 1.807) is 22.0 Å². The molecule has 1 aliphatic heterocycles. The number of rotatable bonds is 6. The summed E-state index contributed by atoms with van der Waals surface area (Å²) in [5.74, 6) is -0.813. The minimum Gasteiger partial charge on any atom is -0.481 e. The van der Waals surface area contributed by atoms with Gasteiger partial charge >= 0.3 is 12.0 Å². The molecule has 1 aromatic heterocycles. The lowest BCUT2D eigenvalue weighted by Crippen LogP contribution is -2.49. The van der Waals surface area contributed by atoms with Gasteiger partial charge in [-0.25, -0.2) is 4.79 Å². The molecule has 2 rings (SSSR count). The van der Waals surface area contributed by atoms with Crippen LogP contribution in [0.2, 0.25) is 0 Å². The van der Waals surface area contributed by atoms with Crippen LogP contribution in [0.25, 0.3) is 0 Å². The first-order chi connectivity index (χ1) is 10.2. The lowest BCUT2D eigenvalue weighted by Gasteiger charge is -2.35. The lowest BCUT2D eigenvalue weighted by atomic mass is 9.98. The third-order valence-electron chi connectivity index (χ3n) is 3.67. The number of carbonyl (C=O) groups excluding carboxylic acids is 1. The summed E-state index contributed by atoms with van der Waals surface area (Å²) in [5.41, 5.74) is 0. The maximum absolute atomic E-state index is 12.2. The predicted octanol–water partition coefficient (Wildman–Crippen LogP) is 0.707. The summed E-state index contributed by atoms with van der Waals surface area (Å²) in [7, 11) is 0. The molecular formula is C13H21N5O3. The van der Waals surface area contributed by atoms with Crippen molar-refractivity contribution in [3.63, 3.8) is 0 Å². The number of carboxylic acids is 1. The molecule has 1 atom stereocenters. The van der Waals surface area contributed by atoms with Crippen molar-refractivity contribution in [3.05, 3.63) is 12.4 Å². The molecule has 8 nitrogen and oxygen atoms in total. The number of urea groups is 1. The van der Waals surface area contributed by atoms with E-state index in [0.717, 1.165) is 19.3 Å². The molecule has 0 spiro atoms. The minimum atomic E-state index is -0.813. The van der Waals surface area contributed by atoms with Crippen LogP contribution in [-0.2, 0) is 11.3 Å². The second-order valence-corrected chi connectivity index (χ2v) is 5.17. The summed E-state index contributed by atoms with van der Waals surface area (Å²) >= 11 is 0. The molecule has 0 saturated carbocycles. The van der Waals surface area contributed by atoms with Gasteiger partial charge in [0, 0.05) is 31.7 Å². The Hall–Kier alpha value is -2.12. The molecule has 116 valence electrons. The molecular weight excluding hydrogens is 274 g/mol. The van der Waals surface area contributed by atoms with Crippen LogP contribution >= 0.6 is 0 Å². The second-order valence-electron chi connectivity index (χ2n) is 5.17. The third-order valence-corrected chi connectivity index (χ3v) is 3.67. The van der Waals surface area contributed by atoms with Crippen molar-refractivity contribution < 1.29 is 14.7 Å². The molecule has 1 unspecified atom stereocenters. The average Bonchev–Trinajstić information content (AvgIpc) is 2.98. The quantitative estimate of drug-likeness (QED) is 0.805. The Morgan fingerprint density at radius 1 is 1.38 bits per heavy atom. The van der Waals surface area contributed by atoms with Crippen molar-refractivity contribution in [3.8, 4) is 0 Å². The molecule has 8 heteroatoms. The number of nitrogens with one attached hydrogen (secondary N) is 1. The van der Waals surface area contributed by atoms with Crippen molar-refractivity contribution in [1.82, 2.24) is 25.2 Å². The van der Waals surface area contributed by atoms with Crippen molar-refractivity contribution >= 4 is 12.0 Å². The molecule has 2 amide bonds. The first-order valence-corrected chi connectivity index (χ1v) is 7.27. The average molecular weight is 295 g/mol. The molecule has 0 radical (unpaired) electrons. The monoisotopic (exact) mass is 295 g/mol. The van der Waals surface area contributed by atoms with Crippen LogP contribution in [0, 0.1) is 0 Å². The van der Waals surface area contributed by atoms with Gasteiger partial charge in [0.2, 0.25) is 0 Å². The number of aromatic nitrogens is 3. The molecule has 21 heavy (non-hydrogen) atoms. The van der Waals surface area contributed by atoms with Crippen LogP contribution in [0.4, 0.5) is 4.79 Å². The Labute approximate surface area is 123 Å². The number of hydrogen-bond acceptors (Lipinski definition) is 4. The number of carbonyl (C=O) groups is 2. The van der Waals surface area contributed by atoms with Gasteiger partial charge in [-0.05, 0) is 25.7 Å². The fourth-order valence-electron chi connectivity index (χ4n) is 2.59. The van der Waals surface area contributed by atoms with Crippen LogP contribution in [0.1, 0.15) is 32.1 Å². The standard InChI is InChI=1S/C13H21N5O3/c19-12(20)5-4-11-3-1-2-8-18(11)13(21)14-6-9-17-10-7-15-16-17/h7,10-11H,1-6,8-9H2,(H,14,21)(H,19,20).